The predicted octanol–water partition coefficient (Wildman–Crippen LogP) is 4.54. The molecule has 0 unspecified atom stereocenters. The molecule has 1 aromatic carbocycles. The summed E-state index contributed by atoms with van der Waals surface area (Å²) in [5.74, 6) is -0.815. The maximum absolute atomic E-state index is 11.5. The van der Waals surface area contributed by atoms with Crippen LogP contribution in [0.1, 0.15) is 30.2 Å². The van der Waals surface area contributed by atoms with Crippen molar-refractivity contribution in [3.05, 3.63) is 38.3 Å². The van der Waals surface area contributed by atoms with Gasteiger partial charge in [0.15, 0.2) is 0 Å². The number of nitrogens with zero attached hydrogens (tertiary/aromatic N) is 2. The zero-order chi connectivity index (χ0) is 13.4. The van der Waals surface area contributed by atoms with Crippen LogP contribution in [0, 0.1) is 4.91 Å². The number of carbonyl (C=O) groups excluding carboxylic acids is 1. The van der Waals surface area contributed by atoms with Crippen LogP contribution in [0.5, 0.6) is 0 Å². The summed E-state index contributed by atoms with van der Waals surface area (Å²) in [6.07, 6.45) is 1.75. The van der Waals surface area contributed by atoms with E-state index in [4.69, 9.17) is 11.6 Å². The molecule has 0 bridgehead atoms. The molecule has 1 amide bonds. The maximum Gasteiger partial charge on any atom is 0.317 e. The van der Waals surface area contributed by atoms with Gasteiger partial charge >= 0.3 is 5.91 Å². The third-order valence-corrected chi connectivity index (χ3v) is 3.47. The van der Waals surface area contributed by atoms with E-state index < -0.39 is 5.91 Å². The number of amides is 1. The van der Waals surface area contributed by atoms with Crippen LogP contribution in [0.2, 0.25) is 5.02 Å². The largest absolute Gasteiger partial charge is 0.343 e. The smallest absolute Gasteiger partial charge is 0.317 e. The molecule has 0 saturated heterocycles. The van der Waals surface area contributed by atoms with Crippen molar-refractivity contribution in [2.45, 2.75) is 19.9 Å². The lowest BCUT2D eigenvalue weighted by Crippen LogP contribution is -2.00. The summed E-state index contributed by atoms with van der Waals surface area (Å²) in [6, 6.07) is 3.62. The second-order valence-electron chi connectivity index (χ2n) is 4.22. The number of nitroso groups, excluding NO2 is 1. The Labute approximate surface area is 117 Å². The molecule has 0 spiro atoms. The summed E-state index contributed by atoms with van der Waals surface area (Å²) < 4.78 is 2.66. The number of carbonyl (C=O) groups is 1. The molecule has 1 heterocycles. The topological polar surface area (TPSA) is 51.4 Å². The summed E-state index contributed by atoms with van der Waals surface area (Å²) in [6.45, 7) is 4.02. The fourth-order valence-corrected chi connectivity index (χ4v) is 2.70. The van der Waals surface area contributed by atoms with Crippen LogP contribution in [-0.4, -0.2) is 10.5 Å². The van der Waals surface area contributed by atoms with Crippen LogP contribution in [0.4, 0.5) is 0 Å². The van der Waals surface area contributed by atoms with E-state index in [1.165, 1.54) is 0 Å². The van der Waals surface area contributed by atoms with Gasteiger partial charge in [-0.25, -0.2) is 0 Å². The van der Waals surface area contributed by atoms with E-state index in [2.05, 4.69) is 21.1 Å². The highest BCUT2D eigenvalue weighted by molar-refractivity contribution is 9.10. The van der Waals surface area contributed by atoms with E-state index in [1.54, 1.807) is 12.3 Å². The first-order chi connectivity index (χ1) is 8.45. The molecular weight excluding hydrogens is 320 g/mol. The Morgan fingerprint density at radius 3 is 2.67 bits per heavy atom. The summed E-state index contributed by atoms with van der Waals surface area (Å²) >= 11 is 9.47. The van der Waals surface area contributed by atoms with E-state index in [9.17, 15) is 9.70 Å². The molecule has 0 fully saturated rings. The van der Waals surface area contributed by atoms with Gasteiger partial charge < -0.3 is 4.57 Å². The molecule has 4 nitrogen and oxygen atoms in total. The molecular formula is C12H10BrClN2O2. The Morgan fingerprint density at radius 1 is 1.44 bits per heavy atom. The molecule has 0 aliphatic heterocycles. The maximum atomic E-state index is 11.5. The Bertz CT molecular complexity index is 649. The van der Waals surface area contributed by atoms with Gasteiger partial charge in [0, 0.05) is 27.3 Å². The highest BCUT2D eigenvalue weighted by atomic mass is 79.9. The van der Waals surface area contributed by atoms with E-state index in [0.717, 1.165) is 5.52 Å². The minimum atomic E-state index is -0.815. The zero-order valence-electron chi connectivity index (χ0n) is 9.78. The van der Waals surface area contributed by atoms with Gasteiger partial charge in [-0.05, 0) is 26.0 Å². The number of benzene rings is 1. The molecule has 0 N–H and O–H groups in total. The van der Waals surface area contributed by atoms with Crippen LogP contribution < -0.4 is 0 Å². The summed E-state index contributed by atoms with van der Waals surface area (Å²) in [5.41, 5.74) is 1.02. The first-order valence-electron chi connectivity index (χ1n) is 5.33. The van der Waals surface area contributed by atoms with Gasteiger partial charge in [-0.15, -0.1) is 4.91 Å². The van der Waals surface area contributed by atoms with Gasteiger partial charge in [0.05, 0.1) is 16.1 Å². The number of aromatic nitrogens is 1. The van der Waals surface area contributed by atoms with Crippen LogP contribution in [-0.2, 0) is 0 Å². The van der Waals surface area contributed by atoms with E-state index in [-0.39, 0.29) is 11.6 Å². The molecule has 0 aliphatic rings. The molecule has 1 aromatic heterocycles. The average Bonchev–Trinajstić information content (AvgIpc) is 2.64. The number of fused-ring (bicyclic) bond motifs is 1. The van der Waals surface area contributed by atoms with Crippen molar-refractivity contribution in [3.63, 3.8) is 0 Å². The van der Waals surface area contributed by atoms with E-state index in [1.807, 2.05) is 24.5 Å². The van der Waals surface area contributed by atoms with Crippen molar-refractivity contribution >= 4 is 44.3 Å². The minimum absolute atomic E-state index is 0.196. The SMILES string of the molecule is CC(C)n1cc(Cl)c2c(C(=O)N=O)cc(Br)cc21. The van der Waals surface area contributed by atoms with Crippen LogP contribution >= 0.6 is 27.5 Å². The predicted molar refractivity (Wildman–Crippen MR) is 75.2 cm³/mol. The molecule has 0 atom stereocenters. The Morgan fingerprint density at radius 2 is 2.11 bits per heavy atom. The summed E-state index contributed by atoms with van der Waals surface area (Å²) in [4.78, 5) is 22.0. The number of hydrogen-bond acceptors (Lipinski definition) is 2. The third kappa shape index (κ3) is 2.08. The van der Waals surface area contributed by atoms with Crippen molar-refractivity contribution in [2.24, 2.45) is 5.18 Å². The highest BCUT2D eigenvalue weighted by Crippen LogP contribution is 2.34. The van der Waals surface area contributed by atoms with Crippen molar-refractivity contribution in [2.75, 3.05) is 0 Å². The van der Waals surface area contributed by atoms with Crippen molar-refractivity contribution in [1.29, 1.82) is 0 Å². The normalized spacial score (nSPS) is 11.2. The van der Waals surface area contributed by atoms with Gasteiger partial charge in [0.2, 0.25) is 0 Å². The second kappa shape index (κ2) is 4.82. The molecule has 2 rings (SSSR count). The first-order valence-corrected chi connectivity index (χ1v) is 6.50. The molecule has 0 saturated carbocycles. The van der Waals surface area contributed by atoms with Crippen molar-refractivity contribution in [1.82, 2.24) is 4.57 Å². The Kier molecular flexibility index (Phi) is 3.54. The first kappa shape index (κ1) is 13.2. The quantitative estimate of drug-likeness (QED) is 0.759. The fraction of sp³-hybridized carbons (Fsp3) is 0.250. The lowest BCUT2D eigenvalue weighted by Gasteiger charge is -2.09. The average molecular weight is 330 g/mol. The highest BCUT2D eigenvalue weighted by Gasteiger charge is 2.18. The zero-order valence-corrected chi connectivity index (χ0v) is 12.1. The second-order valence-corrected chi connectivity index (χ2v) is 5.54. The van der Waals surface area contributed by atoms with Gasteiger partial charge in [-0.1, -0.05) is 27.5 Å². The molecule has 94 valence electrons. The van der Waals surface area contributed by atoms with Gasteiger partial charge in [-0.3, -0.25) is 4.79 Å². The summed E-state index contributed by atoms with van der Waals surface area (Å²) in [7, 11) is 0. The minimum Gasteiger partial charge on any atom is -0.343 e. The molecule has 2 aromatic rings. The monoisotopic (exact) mass is 328 g/mol. The molecule has 18 heavy (non-hydrogen) atoms. The fourth-order valence-electron chi connectivity index (χ4n) is 1.95. The number of hydrogen-bond donors (Lipinski definition) is 0. The van der Waals surface area contributed by atoms with Crippen molar-refractivity contribution < 1.29 is 4.79 Å². The Balaban J connectivity index is 2.88. The number of halogens is 2. The lowest BCUT2D eigenvalue weighted by atomic mass is 10.1. The van der Waals surface area contributed by atoms with Crippen LogP contribution in [0.3, 0.4) is 0 Å². The summed E-state index contributed by atoms with van der Waals surface area (Å²) in [5, 5.41) is 3.48. The molecule has 0 radical (unpaired) electrons. The van der Waals surface area contributed by atoms with Crippen LogP contribution in [0.25, 0.3) is 10.9 Å². The third-order valence-electron chi connectivity index (χ3n) is 2.72. The Hall–Kier alpha value is -1.20. The lowest BCUT2D eigenvalue weighted by molar-refractivity contribution is 0.100. The van der Waals surface area contributed by atoms with Gasteiger partial charge in [0.1, 0.15) is 0 Å². The number of rotatable bonds is 2. The van der Waals surface area contributed by atoms with Gasteiger partial charge in [-0.2, -0.15) is 0 Å². The van der Waals surface area contributed by atoms with Crippen LogP contribution in [0.15, 0.2) is 28.0 Å². The molecule has 0 aliphatic carbocycles. The van der Waals surface area contributed by atoms with E-state index >= 15 is 0 Å². The van der Waals surface area contributed by atoms with E-state index in [0.29, 0.717) is 14.9 Å². The van der Waals surface area contributed by atoms with Crippen molar-refractivity contribution in [3.8, 4) is 0 Å². The molecule has 6 heteroatoms. The standard InChI is InChI=1S/C12H10BrClN2O2/c1-6(2)16-5-9(14)11-8(12(17)15-18)3-7(13)4-10(11)16/h3-6H,1-2H3. The van der Waals surface area contributed by atoms with Gasteiger partial charge in [0.25, 0.3) is 0 Å².